The maximum absolute atomic E-state index is 12.9. The summed E-state index contributed by atoms with van der Waals surface area (Å²) >= 11 is 6.14. The fourth-order valence-corrected chi connectivity index (χ4v) is 3.14. The van der Waals surface area contributed by atoms with E-state index in [9.17, 15) is 4.79 Å². The van der Waals surface area contributed by atoms with Crippen molar-refractivity contribution in [2.24, 2.45) is 5.73 Å². The summed E-state index contributed by atoms with van der Waals surface area (Å²) in [6.45, 7) is 0.434. The summed E-state index contributed by atoms with van der Waals surface area (Å²) in [7, 11) is 0. The second-order valence-corrected chi connectivity index (χ2v) is 6.83. The molecule has 1 aromatic heterocycles. The van der Waals surface area contributed by atoms with Crippen molar-refractivity contribution >= 4 is 34.1 Å². The molecule has 25 heavy (non-hydrogen) atoms. The van der Waals surface area contributed by atoms with Gasteiger partial charge >= 0.3 is 0 Å². The molecule has 0 atom stereocenters. The monoisotopic (exact) mass is 351 g/mol. The standard InChI is InChI=1S/C20H18ClN3O/c21-14-6-7-18-16(9-14)17(10-19(24-18)13-4-5-13)20(25)23-15-3-1-2-12(8-15)11-22/h1-3,6-10,13H,4-5,11,22H2,(H,23,25). The Morgan fingerprint density at radius 1 is 1.20 bits per heavy atom. The zero-order valence-corrected chi connectivity index (χ0v) is 14.4. The average molecular weight is 352 g/mol. The van der Waals surface area contributed by atoms with Crippen LogP contribution in [0.5, 0.6) is 0 Å². The highest BCUT2D eigenvalue weighted by molar-refractivity contribution is 6.31. The van der Waals surface area contributed by atoms with Crippen LogP contribution in [0.25, 0.3) is 10.9 Å². The Morgan fingerprint density at radius 3 is 2.80 bits per heavy atom. The molecule has 0 radical (unpaired) electrons. The van der Waals surface area contributed by atoms with Crippen molar-refractivity contribution in [1.82, 2.24) is 4.98 Å². The third-order valence-electron chi connectivity index (χ3n) is 4.45. The summed E-state index contributed by atoms with van der Waals surface area (Å²) in [6.07, 6.45) is 2.26. The second-order valence-electron chi connectivity index (χ2n) is 6.39. The molecule has 2 aromatic carbocycles. The van der Waals surface area contributed by atoms with E-state index < -0.39 is 0 Å². The van der Waals surface area contributed by atoms with Crippen LogP contribution in [-0.4, -0.2) is 10.9 Å². The summed E-state index contributed by atoms with van der Waals surface area (Å²) in [5.74, 6) is 0.304. The van der Waals surface area contributed by atoms with Crippen molar-refractivity contribution in [2.45, 2.75) is 25.3 Å². The van der Waals surface area contributed by atoms with Crippen molar-refractivity contribution in [3.63, 3.8) is 0 Å². The molecule has 126 valence electrons. The molecule has 0 spiro atoms. The van der Waals surface area contributed by atoms with Gasteiger partial charge in [0.1, 0.15) is 0 Å². The number of amides is 1. The highest BCUT2D eigenvalue weighted by atomic mass is 35.5. The summed E-state index contributed by atoms with van der Waals surface area (Å²) in [6, 6.07) is 14.9. The van der Waals surface area contributed by atoms with Gasteiger partial charge in [0, 0.05) is 34.3 Å². The molecular weight excluding hydrogens is 334 g/mol. The zero-order chi connectivity index (χ0) is 17.4. The first-order chi connectivity index (χ1) is 12.1. The van der Waals surface area contributed by atoms with E-state index in [1.807, 2.05) is 36.4 Å². The second kappa shape index (κ2) is 6.47. The molecule has 0 saturated heterocycles. The van der Waals surface area contributed by atoms with Gasteiger partial charge in [-0.15, -0.1) is 0 Å². The topological polar surface area (TPSA) is 68.0 Å². The predicted molar refractivity (Wildman–Crippen MR) is 101 cm³/mol. The Hall–Kier alpha value is -2.43. The molecule has 1 aliphatic carbocycles. The number of halogens is 1. The maximum atomic E-state index is 12.9. The Balaban J connectivity index is 1.75. The minimum atomic E-state index is -0.161. The maximum Gasteiger partial charge on any atom is 0.256 e. The summed E-state index contributed by atoms with van der Waals surface area (Å²) in [4.78, 5) is 17.6. The molecule has 3 N–H and O–H groups in total. The molecule has 1 amide bonds. The third-order valence-corrected chi connectivity index (χ3v) is 4.69. The Bertz CT molecular complexity index is 966. The molecule has 4 nitrogen and oxygen atoms in total. The number of carbonyl (C=O) groups is 1. The number of nitrogens with one attached hydrogen (secondary N) is 1. The van der Waals surface area contributed by atoms with Gasteiger partial charge in [0.05, 0.1) is 11.1 Å². The van der Waals surface area contributed by atoms with Gasteiger partial charge in [0.25, 0.3) is 5.91 Å². The molecule has 5 heteroatoms. The van der Waals surface area contributed by atoms with E-state index >= 15 is 0 Å². The number of rotatable bonds is 4. The number of anilines is 1. The number of aromatic nitrogens is 1. The van der Waals surface area contributed by atoms with Gasteiger partial charge in [-0.3, -0.25) is 9.78 Å². The van der Waals surface area contributed by atoms with Crippen LogP contribution in [0.4, 0.5) is 5.69 Å². The number of nitrogens with zero attached hydrogens (tertiary/aromatic N) is 1. The van der Waals surface area contributed by atoms with Crippen LogP contribution in [0.3, 0.4) is 0 Å². The lowest BCUT2D eigenvalue weighted by Gasteiger charge is -2.11. The number of pyridine rings is 1. The minimum Gasteiger partial charge on any atom is -0.326 e. The van der Waals surface area contributed by atoms with Crippen LogP contribution in [0.15, 0.2) is 48.5 Å². The first-order valence-electron chi connectivity index (χ1n) is 8.34. The SMILES string of the molecule is NCc1cccc(NC(=O)c2cc(C3CC3)nc3ccc(Cl)cc23)c1. The Kier molecular flexibility index (Phi) is 4.15. The quantitative estimate of drug-likeness (QED) is 0.728. The van der Waals surface area contributed by atoms with Gasteiger partial charge in [-0.25, -0.2) is 0 Å². The molecule has 1 heterocycles. The van der Waals surface area contributed by atoms with Gasteiger partial charge in [-0.2, -0.15) is 0 Å². The van der Waals surface area contributed by atoms with Crippen molar-refractivity contribution < 1.29 is 4.79 Å². The van der Waals surface area contributed by atoms with Gasteiger partial charge in [-0.1, -0.05) is 23.7 Å². The third kappa shape index (κ3) is 3.36. The van der Waals surface area contributed by atoms with Crippen molar-refractivity contribution in [3.05, 3.63) is 70.4 Å². The molecule has 1 fully saturated rings. The first kappa shape index (κ1) is 16.1. The predicted octanol–water partition coefficient (Wildman–Crippen LogP) is 4.48. The van der Waals surface area contributed by atoms with Gasteiger partial charge in [0.2, 0.25) is 0 Å². The van der Waals surface area contributed by atoms with E-state index in [0.29, 0.717) is 23.0 Å². The van der Waals surface area contributed by atoms with E-state index in [4.69, 9.17) is 22.3 Å². The molecule has 1 aliphatic rings. The van der Waals surface area contributed by atoms with E-state index in [-0.39, 0.29) is 5.91 Å². The molecule has 4 rings (SSSR count). The van der Waals surface area contributed by atoms with Gasteiger partial charge in [-0.05, 0) is 54.8 Å². The summed E-state index contributed by atoms with van der Waals surface area (Å²) in [5.41, 5.74) is 9.76. The summed E-state index contributed by atoms with van der Waals surface area (Å²) < 4.78 is 0. The minimum absolute atomic E-state index is 0.161. The molecule has 3 aromatic rings. The molecule has 0 aliphatic heterocycles. The molecule has 0 unspecified atom stereocenters. The van der Waals surface area contributed by atoms with E-state index in [1.54, 1.807) is 12.1 Å². The highest BCUT2D eigenvalue weighted by Crippen LogP contribution is 2.40. The fraction of sp³-hybridized carbons (Fsp3) is 0.200. The normalized spacial score (nSPS) is 13.8. The van der Waals surface area contributed by atoms with E-state index in [0.717, 1.165) is 40.7 Å². The van der Waals surface area contributed by atoms with Crippen molar-refractivity contribution in [3.8, 4) is 0 Å². The summed E-state index contributed by atoms with van der Waals surface area (Å²) in [5, 5.41) is 4.32. The van der Waals surface area contributed by atoms with Crippen LogP contribution in [0, 0.1) is 0 Å². The van der Waals surface area contributed by atoms with E-state index in [1.165, 1.54) is 0 Å². The van der Waals surface area contributed by atoms with Crippen LogP contribution in [-0.2, 0) is 6.54 Å². The van der Waals surface area contributed by atoms with Crippen LogP contribution < -0.4 is 11.1 Å². The lowest BCUT2D eigenvalue weighted by atomic mass is 10.0. The molecular formula is C20H18ClN3O. The average Bonchev–Trinajstić information content (AvgIpc) is 3.46. The number of nitrogens with two attached hydrogens (primary N) is 1. The lowest BCUT2D eigenvalue weighted by molar-refractivity contribution is 0.102. The fourth-order valence-electron chi connectivity index (χ4n) is 2.97. The first-order valence-corrected chi connectivity index (χ1v) is 8.72. The largest absolute Gasteiger partial charge is 0.326 e. The smallest absolute Gasteiger partial charge is 0.256 e. The van der Waals surface area contributed by atoms with Crippen molar-refractivity contribution in [2.75, 3.05) is 5.32 Å². The molecule has 0 bridgehead atoms. The Labute approximate surface area is 151 Å². The van der Waals surface area contributed by atoms with Crippen LogP contribution in [0.1, 0.15) is 40.4 Å². The van der Waals surface area contributed by atoms with Crippen LogP contribution >= 0.6 is 11.6 Å². The van der Waals surface area contributed by atoms with Crippen LogP contribution in [0.2, 0.25) is 5.02 Å². The van der Waals surface area contributed by atoms with E-state index in [2.05, 4.69) is 5.32 Å². The zero-order valence-electron chi connectivity index (χ0n) is 13.6. The Morgan fingerprint density at radius 2 is 2.04 bits per heavy atom. The highest BCUT2D eigenvalue weighted by Gasteiger charge is 2.27. The number of benzene rings is 2. The number of hydrogen-bond donors (Lipinski definition) is 2. The number of hydrogen-bond acceptors (Lipinski definition) is 3. The number of fused-ring (bicyclic) bond motifs is 1. The van der Waals surface area contributed by atoms with Gasteiger partial charge in [0.15, 0.2) is 0 Å². The lowest BCUT2D eigenvalue weighted by Crippen LogP contribution is -2.14. The number of carbonyl (C=O) groups excluding carboxylic acids is 1. The van der Waals surface area contributed by atoms with Crippen molar-refractivity contribution in [1.29, 1.82) is 0 Å². The molecule has 1 saturated carbocycles. The van der Waals surface area contributed by atoms with Gasteiger partial charge < -0.3 is 11.1 Å².